The zero-order chi connectivity index (χ0) is 15.8. The smallest absolute Gasteiger partial charge is 0.163 e. The normalized spacial score (nSPS) is 11.0. The molecule has 0 spiro atoms. The highest BCUT2D eigenvalue weighted by Crippen LogP contribution is 2.30. The quantitative estimate of drug-likeness (QED) is 0.458. The molecule has 2 heterocycles. The molecule has 4 rings (SSSR count). The number of rotatable bonds is 2. The van der Waals surface area contributed by atoms with Crippen molar-refractivity contribution in [2.24, 2.45) is 0 Å². The minimum absolute atomic E-state index is 0.695. The summed E-state index contributed by atoms with van der Waals surface area (Å²) in [5, 5.41) is 5.21. The van der Waals surface area contributed by atoms with Crippen LogP contribution < -0.4 is 0 Å². The number of aromatic nitrogens is 3. The molecule has 0 radical (unpaired) electrons. The Hall–Kier alpha value is -2.17. The van der Waals surface area contributed by atoms with Crippen molar-refractivity contribution in [2.45, 2.75) is 0 Å². The molecule has 3 nitrogen and oxygen atoms in total. The highest BCUT2D eigenvalue weighted by molar-refractivity contribution is 9.10. The van der Waals surface area contributed by atoms with E-state index in [1.54, 1.807) is 6.20 Å². The first kappa shape index (κ1) is 14.4. The van der Waals surface area contributed by atoms with Gasteiger partial charge < -0.3 is 0 Å². The summed E-state index contributed by atoms with van der Waals surface area (Å²) in [6, 6.07) is 17.8. The largest absolute Gasteiger partial charge is 0.236 e. The third-order valence-electron chi connectivity index (χ3n) is 3.71. The maximum Gasteiger partial charge on any atom is 0.163 e. The van der Waals surface area contributed by atoms with E-state index in [-0.39, 0.29) is 0 Å². The molecule has 0 bridgehead atoms. The summed E-state index contributed by atoms with van der Waals surface area (Å²) in [5.41, 5.74) is 4.74. The van der Waals surface area contributed by atoms with Gasteiger partial charge in [0, 0.05) is 26.8 Å². The molecule has 2 aromatic heterocycles. The Morgan fingerprint density at radius 3 is 2.48 bits per heavy atom. The number of nitrogens with zero attached hydrogens (tertiary/aromatic N) is 3. The average molecular weight is 385 g/mol. The average Bonchev–Trinajstić information content (AvgIpc) is 3.00. The van der Waals surface area contributed by atoms with Crippen LogP contribution in [0.3, 0.4) is 0 Å². The lowest BCUT2D eigenvalue weighted by molar-refractivity contribution is 0.948. The van der Waals surface area contributed by atoms with Gasteiger partial charge in [0.05, 0.1) is 11.9 Å². The maximum atomic E-state index is 6.33. The third kappa shape index (κ3) is 2.54. The lowest BCUT2D eigenvalue weighted by Crippen LogP contribution is -1.96. The van der Waals surface area contributed by atoms with Gasteiger partial charge in [0.25, 0.3) is 0 Å². The van der Waals surface area contributed by atoms with Gasteiger partial charge in [-0.2, -0.15) is 5.10 Å². The van der Waals surface area contributed by atoms with E-state index >= 15 is 0 Å². The molecule has 5 heteroatoms. The predicted molar refractivity (Wildman–Crippen MR) is 96.6 cm³/mol. The molecule has 0 unspecified atom stereocenters. The molecule has 0 aliphatic heterocycles. The minimum atomic E-state index is 0.695. The van der Waals surface area contributed by atoms with Crippen LogP contribution in [0.5, 0.6) is 0 Å². The molecule has 0 N–H and O–H groups in total. The molecule has 2 aromatic carbocycles. The molecular weight excluding hydrogens is 374 g/mol. The lowest BCUT2D eigenvalue weighted by atomic mass is 10.1. The van der Waals surface area contributed by atoms with Crippen molar-refractivity contribution in [3.63, 3.8) is 0 Å². The summed E-state index contributed by atoms with van der Waals surface area (Å²) in [6.07, 6.45) is 3.63. The van der Waals surface area contributed by atoms with Gasteiger partial charge in [-0.05, 0) is 29.8 Å². The lowest BCUT2D eigenvalue weighted by Gasteiger charge is -2.07. The first-order valence-corrected chi connectivity index (χ1v) is 8.25. The van der Waals surface area contributed by atoms with E-state index in [2.05, 4.69) is 26.0 Å². The van der Waals surface area contributed by atoms with Gasteiger partial charge in [0.2, 0.25) is 0 Å². The Balaban J connectivity index is 1.94. The number of benzene rings is 2. The van der Waals surface area contributed by atoms with Crippen LogP contribution in [-0.2, 0) is 0 Å². The van der Waals surface area contributed by atoms with Crippen molar-refractivity contribution in [2.75, 3.05) is 0 Å². The van der Waals surface area contributed by atoms with Crippen molar-refractivity contribution in [3.8, 4) is 22.4 Å². The van der Waals surface area contributed by atoms with E-state index in [1.165, 1.54) is 0 Å². The zero-order valence-electron chi connectivity index (χ0n) is 11.9. The Kier molecular flexibility index (Phi) is 3.63. The van der Waals surface area contributed by atoms with Gasteiger partial charge in [0.1, 0.15) is 0 Å². The minimum Gasteiger partial charge on any atom is -0.236 e. The molecule has 0 atom stereocenters. The predicted octanol–water partition coefficient (Wildman–Crippen LogP) is 5.48. The molecule has 4 aromatic rings. The molecule has 0 saturated heterocycles. The van der Waals surface area contributed by atoms with E-state index in [9.17, 15) is 0 Å². The van der Waals surface area contributed by atoms with Crippen molar-refractivity contribution in [1.29, 1.82) is 0 Å². The van der Waals surface area contributed by atoms with Crippen LogP contribution in [0.1, 0.15) is 0 Å². The first-order valence-electron chi connectivity index (χ1n) is 7.07. The van der Waals surface area contributed by atoms with Crippen molar-refractivity contribution >= 4 is 33.2 Å². The summed E-state index contributed by atoms with van der Waals surface area (Å²) in [5.74, 6) is 0. The summed E-state index contributed by atoms with van der Waals surface area (Å²) >= 11 is 9.79. The molecule has 0 aliphatic carbocycles. The third-order valence-corrected chi connectivity index (χ3v) is 4.56. The van der Waals surface area contributed by atoms with Gasteiger partial charge in [-0.25, -0.2) is 9.50 Å². The van der Waals surface area contributed by atoms with Crippen LogP contribution in [0, 0.1) is 0 Å². The Morgan fingerprint density at radius 2 is 1.70 bits per heavy atom. The number of hydrogen-bond donors (Lipinski definition) is 0. The van der Waals surface area contributed by atoms with Crippen LogP contribution in [-0.4, -0.2) is 14.6 Å². The first-order chi connectivity index (χ1) is 11.2. The maximum absolute atomic E-state index is 6.33. The Labute approximate surface area is 146 Å². The second-order valence-electron chi connectivity index (χ2n) is 5.11. The van der Waals surface area contributed by atoms with E-state index in [0.29, 0.717) is 5.02 Å². The Morgan fingerprint density at radius 1 is 0.913 bits per heavy atom. The molecule has 0 saturated carbocycles. The second kappa shape index (κ2) is 5.80. The highest BCUT2D eigenvalue weighted by atomic mass is 79.9. The molecule has 23 heavy (non-hydrogen) atoms. The molecule has 0 aliphatic rings. The second-order valence-corrected chi connectivity index (χ2v) is 6.43. The molecule has 112 valence electrons. The summed E-state index contributed by atoms with van der Waals surface area (Å²) in [6.45, 7) is 0. The standard InChI is InChI=1S/C18H11BrClN3/c19-13-7-5-12(6-8-13)15-11-22-23-17(9-10-21-18(15)23)14-3-1-2-4-16(14)20/h1-11H. The van der Waals surface area contributed by atoms with Gasteiger partial charge >= 0.3 is 0 Å². The van der Waals surface area contributed by atoms with E-state index in [0.717, 1.165) is 32.5 Å². The fourth-order valence-corrected chi connectivity index (χ4v) is 3.09. The Bertz CT molecular complexity index is 993. The fraction of sp³-hybridized carbons (Fsp3) is 0. The van der Waals surface area contributed by atoms with Crippen molar-refractivity contribution in [3.05, 3.63) is 76.5 Å². The zero-order valence-corrected chi connectivity index (χ0v) is 14.3. The van der Waals surface area contributed by atoms with Crippen LogP contribution >= 0.6 is 27.5 Å². The number of halogens is 2. The van der Waals surface area contributed by atoms with Gasteiger partial charge in [0.15, 0.2) is 5.65 Å². The molecule has 0 fully saturated rings. The topological polar surface area (TPSA) is 30.2 Å². The molecule has 0 amide bonds. The van der Waals surface area contributed by atoms with E-state index in [1.807, 2.05) is 65.3 Å². The van der Waals surface area contributed by atoms with Crippen molar-refractivity contribution < 1.29 is 0 Å². The summed E-state index contributed by atoms with van der Waals surface area (Å²) < 4.78 is 2.88. The summed E-state index contributed by atoms with van der Waals surface area (Å²) in [7, 11) is 0. The number of fused-ring (bicyclic) bond motifs is 1. The number of hydrogen-bond acceptors (Lipinski definition) is 2. The van der Waals surface area contributed by atoms with Crippen LogP contribution in [0.2, 0.25) is 5.02 Å². The highest BCUT2D eigenvalue weighted by Gasteiger charge is 2.13. The van der Waals surface area contributed by atoms with Gasteiger partial charge in [-0.15, -0.1) is 0 Å². The van der Waals surface area contributed by atoms with Gasteiger partial charge in [-0.1, -0.05) is 57.9 Å². The van der Waals surface area contributed by atoms with Crippen LogP contribution in [0.25, 0.3) is 28.0 Å². The van der Waals surface area contributed by atoms with Crippen molar-refractivity contribution in [1.82, 2.24) is 14.6 Å². The van der Waals surface area contributed by atoms with E-state index in [4.69, 9.17) is 11.6 Å². The molecular formula is C18H11BrClN3. The monoisotopic (exact) mass is 383 g/mol. The van der Waals surface area contributed by atoms with Gasteiger partial charge in [-0.3, -0.25) is 0 Å². The van der Waals surface area contributed by atoms with E-state index < -0.39 is 0 Å². The van der Waals surface area contributed by atoms with Crippen LogP contribution in [0.4, 0.5) is 0 Å². The van der Waals surface area contributed by atoms with Crippen LogP contribution in [0.15, 0.2) is 71.5 Å². The fourth-order valence-electron chi connectivity index (χ4n) is 2.60. The summed E-state index contributed by atoms with van der Waals surface area (Å²) in [4.78, 5) is 4.50. The SMILES string of the molecule is Clc1ccccc1-c1ccnc2c(-c3ccc(Br)cc3)cnn12.